The minimum Gasteiger partial charge on any atom is -0.465 e. The fraction of sp³-hybridized carbons (Fsp3) is 0.400. The molecule has 8 heteroatoms. The molecule has 2 aromatic heterocycles. The average Bonchev–Trinajstić information content (AvgIpc) is 3.45. The molecule has 0 saturated carbocycles. The third kappa shape index (κ3) is 3.84. The van der Waals surface area contributed by atoms with Gasteiger partial charge in [0.25, 0.3) is 0 Å². The average molecular weight is 449 g/mol. The molecule has 0 aliphatic carbocycles. The van der Waals surface area contributed by atoms with Crippen LogP contribution in [0.15, 0.2) is 30.6 Å². The van der Waals surface area contributed by atoms with Gasteiger partial charge in [-0.15, -0.1) is 0 Å². The molecule has 1 aromatic carbocycles. The van der Waals surface area contributed by atoms with E-state index in [2.05, 4.69) is 35.1 Å². The Kier molecular flexibility index (Phi) is 5.54. The molecule has 2 amide bonds. The molecule has 33 heavy (non-hydrogen) atoms. The number of methoxy groups -OCH3 is 1. The lowest BCUT2D eigenvalue weighted by molar-refractivity contribution is -0.136. The number of carbonyl (C=O) groups excluding carboxylic acids is 1. The maximum absolute atomic E-state index is 12.5. The highest BCUT2D eigenvalue weighted by atomic mass is 16.5. The highest BCUT2D eigenvalue weighted by Crippen LogP contribution is 2.39. The Labute approximate surface area is 192 Å². The number of rotatable bonds is 4. The Hall–Kier alpha value is -3.39. The number of hydrogen-bond donors (Lipinski definition) is 2. The predicted octanol–water partition coefficient (Wildman–Crippen LogP) is 3.88. The first-order valence-electron chi connectivity index (χ1n) is 11.3. The fourth-order valence-corrected chi connectivity index (χ4v) is 5.20. The lowest BCUT2D eigenvalue weighted by Crippen LogP contribution is -2.39. The third-order valence-corrected chi connectivity index (χ3v) is 6.93. The van der Waals surface area contributed by atoms with E-state index in [9.17, 15) is 14.7 Å². The van der Waals surface area contributed by atoms with Gasteiger partial charge in [-0.3, -0.25) is 4.79 Å². The lowest BCUT2D eigenvalue weighted by atomic mass is 9.86. The van der Waals surface area contributed by atoms with E-state index >= 15 is 0 Å². The maximum atomic E-state index is 12.5. The van der Waals surface area contributed by atoms with E-state index in [1.165, 1.54) is 17.6 Å². The van der Waals surface area contributed by atoms with E-state index in [-0.39, 0.29) is 18.6 Å². The molecule has 0 bridgehead atoms. The molecule has 0 spiro atoms. The van der Waals surface area contributed by atoms with Gasteiger partial charge < -0.3 is 24.6 Å². The molecule has 1 saturated heterocycles. The summed E-state index contributed by atoms with van der Waals surface area (Å²) in [5.74, 6) is -0.0442. The summed E-state index contributed by atoms with van der Waals surface area (Å²) in [5.41, 5.74) is 7.28. The van der Waals surface area contributed by atoms with Gasteiger partial charge in [0, 0.05) is 50.1 Å². The van der Waals surface area contributed by atoms with Gasteiger partial charge in [-0.2, -0.15) is 0 Å². The minimum atomic E-state index is -0.897. The van der Waals surface area contributed by atoms with Gasteiger partial charge in [0.2, 0.25) is 5.91 Å². The molecule has 4 heterocycles. The molecule has 0 radical (unpaired) electrons. The topological polar surface area (TPSA) is 98.8 Å². The van der Waals surface area contributed by atoms with Crippen molar-refractivity contribution in [3.05, 3.63) is 52.8 Å². The summed E-state index contributed by atoms with van der Waals surface area (Å²) in [5, 5.41) is 10.9. The van der Waals surface area contributed by atoms with Crippen molar-refractivity contribution >= 4 is 23.0 Å². The summed E-state index contributed by atoms with van der Waals surface area (Å²) in [4.78, 5) is 35.6. The van der Waals surface area contributed by atoms with Gasteiger partial charge in [-0.05, 0) is 66.1 Å². The number of aromatic nitrogens is 2. The first-order chi connectivity index (χ1) is 16.0. The van der Waals surface area contributed by atoms with Crippen LogP contribution in [0.2, 0.25) is 0 Å². The Balaban J connectivity index is 1.62. The van der Waals surface area contributed by atoms with Crippen molar-refractivity contribution in [2.24, 2.45) is 0 Å². The Morgan fingerprint density at radius 2 is 2.09 bits per heavy atom. The number of H-pyrrole nitrogens is 1. The summed E-state index contributed by atoms with van der Waals surface area (Å²) >= 11 is 0. The van der Waals surface area contributed by atoms with Crippen molar-refractivity contribution in [3.63, 3.8) is 0 Å². The lowest BCUT2D eigenvalue weighted by Gasteiger charge is -2.33. The number of carbonyl (C=O) groups is 2. The maximum Gasteiger partial charge on any atom is 0.407 e. The molecule has 2 N–H and O–H groups in total. The van der Waals surface area contributed by atoms with Crippen LogP contribution in [-0.2, 0) is 22.5 Å². The third-order valence-electron chi connectivity index (χ3n) is 6.93. The summed E-state index contributed by atoms with van der Waals surface area (Å²) in [7, 11) is 1.52. The molecular formula is C25H28N4O4. The molecule has 8 nitrogen and oxygen atoms in total. The van der Waals surface area contributed by atoms with Crippen LogP contribution in [0, 0.1) is 6.92 Å². The molecule has 5 rings (SSSR count). The van der Waals surface area contributed by atoms with E-state index in [0.717, 1.165) is 58.1 Å². The standard InChI is InChI=1S/C25H28N4O4/c1-15-11-26-24-19(15)10-18(12-27-24)17-8-16-5-7-28(23(30)14-33-2)13-21(16)20(9-17)22-4-3-6-29(22)25(31)32/h8-12,22H,3-7,13-14H2,1-2H3,(H,26,27)(H,31,32)/t22-/m0/s1. The first-order valence-corrected chi connectivity index (χ1v) is 11.3. The van der Waals surface area contributed by atoms with Gasteiger partial charge in [0.05, 0.1) is 6.04 Å². The van der Waals surface area contributed by atoms with Crippen molar-refractivity contribution in [2.45, 2.75) is 38.8 Å². The Morgan fingerprint density at radius 1 is 1.24 bits per heavy atom. The number of nitrogens with zero attached hydrogens (tertiary/aromatic N) is 3. The number of likely N-dealkylation sites (tertiary alicyclic amines) is 1. The van der Waals surface area contributed by atoms with Gasteiger partial charge in [-0.1, -0.05) is 6.07 Å². The number of benzene rings is 1. The zero-order valence-corrected chi connectivity index (χ0v) is 18.9. The van der Waals surface area contributed by atoms with Crippen LogP contribution in [0.4, 0.5) is 4.79 Å². The van der Waals surface area contributed by atoms with Crippen LogP contribution in [0.25, 0.3) is 22.2 Å². The molecule has 1 fully saturated rings. The molecule has 3 aromatic rings. The van der Waals surface area contributed by atoms with E-state index in [1.807, 2.05) is 17.3 Å². The zero-order chi connectivity index (χ0) is 23.1. The highest BCUT2D eigenvalue weighted by Gasteiger charge is 2.34. The van der Waals surface area contributed by atoms with Crippen LogP contribution in [-0.4, -0.2) is 63.7 Å². The Morgan fingerprint density at radius 3 is 2.88 bits per heavy atom. The number of nitrogens with one attached hydrogen (secondary N) is 1. The number of pyridine rings is 1. The second-order valence-electron chi connectivity index (χ2n) is 8.93. The molecular weight excluding hydrogens is 420 g/mol. The van der Waals surface area contributed by atoms with Crippen molar-refractivity contribution in [3.8, 4) is 11.1 Å². The number of ether oxygens (including phenoxy) is 1. The van der Waals surface area contributed by atoms with Crippen LogP contribution < -0.4 is 0 Å². The number of carboxylic acid groups (broad SMARTS) is 1. The summed E-state index contributed by atoms with van der Waals surface area (Å²) in [6, 6.07) is 6.22. The monoisotopic (exact) mass is 448 g/mol. The van der Waals surface area contributed by atoms with E-state index in [4.69, 9.17) is 4.74 Å². The van der Waals surface area contributed by atoms with Gasteiger partial charge in [0.1, 0.15) is 12.3 Å². The summed E-state index contributed by atoms with van der Waals surface area (Å²) < 4.78 is 5.05. The number of fused-ring (bicyclic) bond motifs is 2. The van der Waals surface area contributed by atoms with Crippen molar-refractivity contribution < 1.29 is 19.4 Å². The number of hydrogen-bond acceptors (Lipinski definition) is 4. The van der Waals surface area contributed by atoms with Crippen LogP contribution in [0.3, 0.4) is 0 Å². The van der Waals surface area contributed by atoms with Gasteiger partial charge in [-0.25, -0.2) is 9.78 Å². The SMILES string of the molecule is COCC(=O)N1CCc2cc(-c3cnc4[nH]cc(C)c4c3)cc([C@@H]3CCCN3C(=O)O)c2C1. The molecule has 2 aliphatic heterocycles. The molecule has 2 aliphatic rings. The van der Waals surface area contributed by atoms with Crippen LogP contribution in [0.1, 0.15) is 41.1 Å². The van der Waals surface area contributed by atoms with E-state index in [1.54, 1.807) is 0 Å². The van der Waals surface area contributed by atoms with E-state index in [0.29, 0.717) is 19.6 Å². The van der Waals surface area contributed by atoms with Crippen LogP contribution >= 0.6 is 0 Å². The number of aryl methyl sites for hydroxylation is 1. The summed E-state index contributed by atoms with van der Waals surface area (Å²) in [6.07, 6.45) is 5.26. The highest BCUT2D eigenvalue weighted by molar-refractivity contribution is 5.85. The second kappa shape index (κ2) is 8.51. The zero-order valence-electron chi connectivity index (χ0n) is 18.9. The quantitative estimate of drug-likeness (QED) is 0.631. The molecule has 1 atom stereocenters. The second-order valence-corrected chi connectivity index (χ2v) is 8.93. The van der Waals surface area contributed by atoms with Crippen molar-refractivity contribution in [1.29, 1.82) is 0 Å². The largest absolute Gasteiger partial charge is 0.465 e. The van der Waals surface area contributed by atoms with Crippen molar-refractivity contribution in [1.82, 2.24) is 19.8 Å². The fourth-order valence-electron chi connectivity index (χ4n) is 5.20. The summed E-state index contributed by atoms with van der Waals surface area (Å²) in [6.45, 7) is 3.73. The normalized spacial score (nSPS) is 18.1. The van der Waals surface area contributed by atoms with Gasteiger partial charge >= 0.3 is 6.09 Å². The smallest absolute Gasteiger partial charge is 0.407 e. The number of amides is 2. The predicted molar refractivity (Wildman–Crippen MR) is 124 cm³/mol. The van der Waals surface area contributed by atoms with E-state index < -0.39 is 6.09 Å². The number of aromatic amines is 1. The minimum absolute atomic E-state index is 0.0442. The van der Waals surface area contributed by atoms with Crippen LogP contribution in [0.5, 0.6) is 0 Å². The van der Waals surface area contributed by atoms with Crippen molar-refractivity contribution in [2.75, 3.05) is 26.8 Å². The Bertz CT molecular complexity index is 1230. The molecule has 0 unspecified atom stereocenters. The first kappa shape index (κ1) is 21.5. The molecule has 172 valence electrons. The van der Waals surface area contributed by atoms with Gasteiger partial charge in [0.15, 0.2) is 0 Å².